The Hall–Kier alpha value is -3.16. The molecule has 36 heavy (non-hydrogen) atoms. The predicted octanol–water partition coefficient (Wildman–Crippen LogP) is 3.08. The van der Waals surface area contributed by atoms with Crippen molar-refractivity contribution >= 4 is 49.5 Å². The molecule has 3 aromatic rings. The summed E-state index contributed by atoms with van der Waals surface area (Å²) in [4.78, 5) is 25.6. The number of rotatable bonds is 4. The van der Waals surface area contributed by atoms with Crippen LogP contribution < -0.4 is 26.6 Å². The van der Waals surface area contributed by atoms with Gasteiger partial charge in [-0.05, 0) is 18.6 Å². The van der Waals surface area contributed by atoms with Crippen molar-refractivity contribution in [3.05, 3.63) is 36.3 Å². The summed E-state index contributed by atoms with van der Waals surface area (Å²) in [5, 5.41) is 3.09. The van der Waals surface area contributed by atoms with Crippen molar-refractivity contribution < 1.29 is 22.7 Å². The van der Waals surface area contributed by atoms with Crippen molar-refractivity contribution in [1.82, 2.24) is 9.97 Å². The summed E-state index contributed by atoms with van der Waals surface area (Å²) in [6, 6.07) is 2.87. The largest absolute Gasteiger partial charge is 0.393 e. The minimum Gasteiger partial charge on any atom is -0.390 e. The minimum absolute atomic E-state index is 0.137. The first-order chi connectivity index (χ1) is 17.2. The first-order valence-electron chi connectivity index (χ1n) is 11.5. The molecule has 3 aromatic heterocycles. The van der Waals surface area contributed by atoms with Crippen LogP contribution in [-0.2, 0) is 4.74 Å². The molecule has 0 spiro atoms. The van der Waals surface area contributed by atoms with Gasteiger partial charge in [-0.2, -0.15) is 13.2 Å². The highest BCUT2D eigenvalue weighted by Crippen LogP contribution is 2.38. The van der Waals surface area contributed by atoms with Crippen LogP contribution in [0.1, 0.15) is 16.8 Å². The second-order valence-corrected chi connectivity index (χ2v) is 10.1. The van der Waals surface area contributed by atoms with Crippen molar-refractivity contribution in [2.45, 2.75) is 18.6 Å². The number of thiophene rings is 1. The van der Waals surface area contributed by atoms with E-state index in [1.54, 1.807) is 17.2 Å². The molecule has 2 aliphatic heterocycles. The van der Waals surface area contributed by atoms with E-state index in [-0.39, 0.29) is 30.8 Å². The normalized spacial score (nSPS) is 21.1. The second kappa shape index (κ2) is 9.71. The number of aromatic nitrogens is 2. The van der Waals surface area contributed by atoms with Gasteiger partial charge in [0.2, 0.25) is 0 Å². The molecule has 0 aromatic carbocycles. The van der Waals surface area contributed by atoms with Crippen LogP contribution in [0.4, 0.5) is 35.2 Å². The lowest BCUT2D eigenvalue weighted by Gasteiger charge is -2.39. The fourth-order valence-corrected chi connectivity index (χ4v) is 5.68. The van der Waals surface area contributed by atoms with E-state index < -0.39 is 24.0 Å². The van der Waals surface area contributed by atoms with Crippen LogP contribution in [0.2, 0.25) is 0 Å². The molecule has 2 atom stereocenters. The van der Waals surface area contributed by atoms with E-state index in [4.69, 9.17) is 16.2 Å². The molecule has 0 radical (unpaired) electrons. The van der Waals surface area contributed by atoms with E-state index in [9.17, 15) is 18.0 Å². The Balaban J connectivity index is 1.40. The number of piperidine rings is 1. The number of anilines is 4. The molecule has 2 fully saturated rings. The maximum Gasteiger partial charge on any atom is 0.393 e. The van der Waals surface area contributed by atoms with Gasteiger partial charge in [0.15, 0.2) is 0 Å². The summed E-state index contributed by atoms with van der Waals surface area (Å²) in [5.41, 5.74) is 14.5. The van der Waals surface area contributed by atoms with Gasteiger partial charge in [-0.3, -0.25) is 14.8 Å². The standard InChI is InChI=1S/C23H26F3N7O2S/c24-23(25,26)13-7-14(27)12-33(11-13)17-1-2-29-10-16(17)31-22(34)19-20-18(36-21(19)28)8-15(9-30-20)32-3-5-35-6-4-32/h1-2,8-10,13-14H,3-7,11-12,27-28H2,(H,31,34)/t13-,14+/m1/s1. The number of carbonyl (C=O) groups excluding carboxylic acids is 1. The first-order valence-corrected chi connectivity index (χ1v) is 12.4. The average Bonchev–Trinajstić information content (AvgIpc) is 3.19. The van der Waals surface area contributed by atoms with Crippen molar-refractivity contribution in [3.63, 3.8) is 0 Å². The molecule has 0 aliphatic carbocycles. The first kappa shape index (κ1) is 24.5. The number of carbonyl (C=O) groups is 1. The third-order valence-electron chi connectivity index (χ3n) is 6.48. The van der Waals surface area contributed by atoms with Gasteiger partial charge in [0.1, 0.15) is 10.6 Å². The molecule has 1 amide bonds. The van der Waals surface area contributed by atoms with E-state index >= 15 is 0 Å². The number of nitrogens with zero attached hydrogens (tertiary/aromatic N) is 4. The van der Waals surface area contributed by atoms with E-state index in [1.165, 1.54) is 23.7 Å². The molecular formula is C23H26F3N7O2S. The number of morpholine rings is 1. The van der Waals surface area contributed by atoms with Crippen molar-refractivity contribution in [1.29, 1.82) is 0 Å². The molecular weight excluding hydrogens is 495 g/mol. The Kier molecular flexibility index (Phi) is 6.62. The number of pyridine rings is 2. The van der Waals surface area contributed by atoms with Gasteiger partial charge in [0, 0.05) is 38.4 Å². The second-order valence-electron chi connectivity index (χ2n) is 8.97. The topological polar surface area (TPSA) is 123 Å². The van der Waals surface area contributed by atoms with Gasteiger partial charge >= 0.3 is 6.18 Å². The summed E-state index contributed by atoms with van der Waals surface area (Å²) >= 11 is 1.26. The smallest absolute Gasteiger partial charge is 0.390 e. The lowest BCUT2D eigenvalue weighted by molar-refractivity contribution is -0.177. The van der Waals surface area contributed by atoms with Crippen LogP contribution in [0, 0.1) is 5.92 Å². The number of nitrogens with two attached hydrogens (primary N) is 2. The predicted molar refractivity (Wildman–Crippen MR) is 134 cm³/mol. The third-order valence-corrected chi connectivity index (χ3v) is 7.43. The van der Waals surface area contributed by atoms with Crippen molar-refractivity contribution in [3.8, 4) is 0 Å². The quantitative estimate of drug-likeness (QED) is 0.479. The lowest BCUT2D eigenvalue weighted by atomic mass is 9.93. The molecule has 0 unspecified atom stereocenters. The maximum absolute atomic E-state index is 13.4. The highest BCUT2D eigenvalue weighted by atomic mass is 32.1. The van der Waals surface area contributed by atoms with Gasteiger partial charge < -0.3 is 31.3 Å². The number of amides is 1. The zero-order valence-corrected chi connectivity index (χ0v) is 20.1. The molecule has 2 aliphatic rings. The number of nitrogen functional groups attached to an aromatic ring is 1. The summed E-state index contributed by atoms with van der Waals surface area (Å²) < 4.78 is 46.5. The van der Waals surface area contributed by atoms with Crippen LogP contribution in [0.15, 0.2) is 30.7 Å². The Morgan fingerprint density at radius 2 is 1.97 bits per heavy atom. The van der Waals surface area contributed by atoms with Crippen LogP contribution in [0.5, 0.6) is 0 Å². The van der Waals surface area contributed by atoms with Gasteiger partial charge in [-0.15, -0.1) is 11.3 Å². The number of hydrogen-bond donors (Lipinski definition) is 3. The maximum atomic E-state index is 13.4. The molecule has 5 N–H and O–H groups in total. The molecule has 0 saturated carbocycles. The zero-order chi connectivity index (χ0) is 25.4. The molecule has 0 bridgehead atoms. The summed E-state index contributed by atoms with van der Waals surface area (Å²) in [5.74, 6) is -2.06. The van der Waals surface area contributed by atoms with Crippen LogP contribution >= 0.6 is 11.3 Å². The van der Waals surface area contributed by atoms with Crippen molar-refractivity contribution in [2.75, 3.05) is 60.2 Å². The molecule has 2 saturated heterocycles. The Morgan fingerprint density at radius 3 is 2.72 bits per heavy atom. The fraction of sp³-hybridized carbons (Fsp3) is 0.435. The molecule has 192 valence electrons. The summed E-state index contributed by atoms with van der Waals surface area (Å²) in [7, 11) is 0. The summed E-state index contributed by atoms with van der Waals surface area (Å²) in [6.45, 7) is 2.75. The van der Waals surface area contributed by atoms with Gasteiger partial charge in [-0.25, -0.2) is 0 Å². The lowest BCUT2D eigenvalue weighted by Crippen LogP contribution is -2.51. The SMILES string of the molecule is Nc1sc2cc(N3CCOCC3)cnc2c1C(=O)Nc1cnccc1N1C[C@@H](N)C[C@@H](C(F)(F)F)C1. The van der Waals surface area contributed by atoms with E-state index in [0.717, 1.165) is 23.5 Å². The number of fused-ring (bicyclic) bond motifs is 1. The fourth-order valence-electron chi connectivity index (χ4n) is 4.72. The monoisotopic (exact) mass is 521 g/mol. The Bertz CT molecular complexity index is 1260. The third kappa shape index (κ3) is 4.90. The van der Waals surface area contributed by atoms with E-state index in [1.807, 2.05) is 6.07 Å². The molecule has 5 rings (SSSR count). The molecule has 5 heterocycles. The van der Waals surface area contributed by atoms with Crippen molar-refractivity contribution in [2.24, 2.45) is 11.7 Å². The minimum atomic E-state index is -4.36. The van der Waals surface area contributed by atoms with Crippen LogP contribution in [-0.4, -0.2) is 67.5 Å². The highest BCUT2D eigenvalue weighted by Gasteiger charge is 2.44. The molecule has 9 nitrogen and oxygen atoms in total. The number of nitrogens with one attached hydrogen (secondary N) is 1. The van der Waals surface area contributed by atoms with Crippen LogP contribution in [0.25, 0.3) is 10.2 Å². The highest BCUT2D eigenvalue weighted by molar-refractivity contribution is 7.23. The van der Waals surface area contributed by atoms with E-state index in [0.29, 0.717) is 29.4 Å². The number of ether oxygens (including phenoxy) is 1. The zero-order valence-electron chi connectivity index (χ0n) is 19.3. The number of halogens is 3. The summed E-state index contributed by atoms with van der Waals surface area (Å²) in [6.07, 6.45) is 0.0881. The molecule has 13 heteroatoms. The average molecular weight is 522 g/mol. The van der Waals surface area contributed by atoms with Gasteiger partial charge in [-0.1, -0.05) is 0 Å². The Labute approximate surface area is 209 Å². The van der Waals surface area contributed by atoms with E-state index in [2.05, 4.69) is 20.2 Å². The Morgan fingerprint density at radius 1 is 1.19 bits per heavy atom. The number of hydrogen-bond acceptors (Lipinski definition) is 9. The number of alkyl halides is 3. The van der Waals surface area contributed by atoms with Crippen LogP contribution in [0.3, 0.4) is 0 Å². The van der Waals surface area contributed by atoms with Gasteiger partial charge in [0.25, 0.3) is 5.91 Å². The van der Waals surface area contributed by atoms with Gasteiger partial charge in [0.05, 0.1) is 58.8 Å².